The molecule has 1 N–H and O–H groups in total. The predicted molar refractivity (Wildman–Crippen MR) is 82.4 cm³/mol. The Balaban J connectivity index is 2.37. The van der Waals surface area contributed by atoms with Crippen LogP contribution in [0.1, 0.15) is 25.6 Å². The van der Waals surface area contributed by atoms with E-state index in [1.165, 1.54) is 0 Å². The van der Waals surface area contributed by atoms with Crippen LogP contribution in [-0.4, -0.2) is 24.7 Å². The van der Waals surface area contributed by atoms with Crippen molar-refractivity contribution in [2.24, 2.45) is 0 Å². The van der Waals surface area contributed by atoms with Crippen LogP contribution in [0.2, 0.25) is 0 Å². The zero-order valence-corrected chi connectivity index (χ0v) is 12.9. The van der Waals surface area contributed by atoms with Gasteiger partial charge in [0.05, 0.1) is 23.9 Å². The van der Waals surface area contributed by atoms with E-state index in [9.17, 15) is 0 Å². The third-order valence-electron chi connectivity index (χ3n) is 2.97. The molecule has 0 amide bonds. The summed E-state index contributed by atoms with van der Waals surface area (Å²) in [6, 6.07) is 10.4. The van der Waals surface area contributed by atoms with Crippen LogP contribution >= 0.6 is 15.9 Å². The highest BCUT2D eigenvalue weighted by molar-refractivity contribution is 9.10. The van der Waals surface area contributed by atoms with E-state index in [1.807, 2.05) is 25.1 Å². The molecule has 2 aromatic rings. The normalized spacial score (nSPS) is 12.8. The number of aromatic nitrogens is 1. The summed E-state index contributed by atoms with van der Waals surface area (Å²) in [5.74, 6) is 0. The van der Waals surface area contributed by atoms with Crippen LogP contribution in [0.5, 0.6) is 0 Å². The first-order valence-corrected chi connectivity index (χ1v) is 7.41. The van der Waals surface area contributed by atoms with Crippen LogP contribution in [0.3, 0.4) is 0 Å². The maximum absolute atomic E-state index is 5.55. The van der Waals surface area contributed by atoms with Crippen LogP contribution in [0.4, 0.5) is 0 Å². The fourth-order valence-corrected chi connectivity index (χ4v) is 2.68. The first kappa shape index (κ1) is 14.4. The molecule has 1 atom stereocenters. The number of benzene rings is 1. The molecule has 2 rings (SSSR count). The van der Waals surface area contributed by atoms with E-state index >= 15 is 0 Å². The van der Waals surface area contributed by atoms with E-state index in [4.69, 9.17) is 9.72 Å². The van der Waals surface area contributed by atoms with Crippen molar-refractivity contribution in [3.63, 3.8) is 0 Å². The standard InChI is InChI=1S/C15H19BrN2O/c1-3-17-14(10-19-4-2)15-12(16)9-11-7-5-6-8-13(11)18-15/h5-9,14,17H,3-4,10H2,1-2H3. The Morgan fingerprint density at radius 3 is 2.84 bits per heavy atom. The van der Waals surface area contributed by atoms with Crippen LogP contribution in [0, 0.1) is 0 Å². The second-order valence-corrected chi connectivity index (χ2v) is 5.17. The Morgan fingerprint density at radius 2 is 2.11 bits per heavy atom. The lowest BCUT2D eigenvalue weighted by atomic mass is 10.1. The molecule has 1 unspecified atom stereocenters. The van der Waals surface area contributed by atoms with Crippen molar-refractivity contribution < 1.29 is 4.74 Å². The van der Waals surface area contributed by atoms with E-state index in [2.05, 4.69) is 40.3 Å². The molecule has 0 radical (unpaired) electrons. The van der Waals surface area contributed by atoms with Gasteiger partial charge < -0.3 is 10.1 Å². The molecule has 0 aliphatic heterocycles. The fraction of sp³-hybridized carbons (Fsp3) is 0.400. The number of nitrogens with one attached hydrogen (secondary N) is 1. The summed E-state index contributed by atoms with van der Waals surface area (Å²) in [4.78, 5) is 4.76. The minimum Gasteiger partial charge on any atom is -0.380 e. The van der Waals surface area contributed by atoms with Crippen LogP contribution in [0.25, 0.3) is 10.9 Å². The summed E-state index contributed by atoms with van der Waals surface area (Å²) in [5.41, 5.74) is 2.02. The van der Waals surface area contributed by atoms with Crippen molar-refractivity contribution in [1.82, 2.24) is 10.3 Å². The molecule has 1 aromatic heterocycles. The van der Waals surface area contributed by atoms with Gasteiger partial charge in [0.1, 0.15) is 0 Å². The topological polar surface area (TPSA) is 34.1 Å². The highest BCUT2D eigenvalue weighted by Gasteiger charge is 2.16. The van der Waals surface area contributed by atoms with E-state index < -0.39 is 0 Å². The fourth-order valence-electron chi connectivity index (χ4n) is 2.07. The molecule has 0 saturated heterocycles. The molecule has 0 bridgehead atoms. The average molecular weight is 323 g/mol. The van der Waals surface area contributed by atoms with Gasteiger partial charge in [0.2, 0.25) is 0 Å². The van der Waals surface area contributed by atoms with Gasteiger partial charge >= 0.3 is 0 Å². The van der Waals surface area contributed by atoms with Crippen molar-refractivity contribution in [2.45, 2.75) is 19.9 Å². The average Bonchev–Trinajstić information content (AvgIpc) is 2.43. The van der Waals surface area contributed by atoms with E-state index in [-0.39, 0.29) is 6.04 Å². The summed E-state index contributed by atoms with van der Waals surface area (Å²) < 4.78 is 6.57. The van der Waals surface area contributed by atoms with Gasteiger partial charge in [0, 0.05) is 16.5 Å². The number of fused-ring (bicyclic) bond motifs is 1. The lowest BCUT2D eigenvalue weighted by Gasteiger charge is -2.19. The smallest absolute Gasteiger partial charge is 0.0746 e. The first-order valence-electron chi connectivity index (χ1n) is 6.62. The Bertz CT molecular complexity index is 545. The van der Waals surface area contributed by atoms with Crippen LogP contribution in [0.15, 0.2) is 34.8 Å². The highest BCUT2D eigenvalue weighted by Crippen LogP contribution is 2.26. The van der Waals surface area contributed by atoms with Gasteiger partial charge in [0.15, 0.2) is 0 Å². The zero-order chi connectivity index (χ0) is 13.7. The lowest BCUT2D eigenvalue weighted by Crippen LogP contribution is -2.26. The second-order valence-electron chi connectivity index (χ2n) is 4.32. The highest BCUT2D eigenvalue weighted by atomic mass is 79.9. The third kappa shape index (κ3) is 3.53. The molecule has 19 heavy (non-hydrogen) atoms. The predicted octanol–water partition coefficient (Wildman–Crippen LogP) is 3.68. The number of ether oxygens (including phenoxy) is 1. The Labute approximate surface area is 122 Å². The van der Waals surface area contributed by atoms with Crippen molar-refractivity contribution >= 4 is 26.8 Å². The minimum atomic E-state index is 0.115. The largest absolute Gasteiger partial charge is 0.380 e. The van der Waals surface area contributed by atoms with Crippen LogP contribution in [-0.2, 0) is 4.74 Å². The number of hydrogen-bond acceptors (Lipinski definition) is 3. The number of para-hydroxylation sites is 1. The molecule has 102 valence electrons. The van der Waals surface area contributed by atoms with Crippen molar-refractivity contribution in [2.75, 3.05) is 19.8 Å². The van der Waals surface area contributed by atoms with Crippen molar-refractivity contribution in [3.05, 3.63) is 40.5 Å². The van der Waals surface area contributed by atoms with Crippen molar-refractivity contribution in [3.8, 4) is 0 Å². The summed E-state index contributed by atoms with van der Waals surface area (Å²) in [7, 11) is 0. The summed E-state index contributed by atoms with van der Waals surface area (Å²) in [6.07, 6.45) is 0. The molecular weight excluding hydrogens is 304 g/mol. The minimum absolute atomic E-state index is 0.115. The molecule has 0 aliphatic carbocycles. The molecule has 0 saturated carbocycles. The maximum Gasteiger partial charge on any atom is 0.0746 e. The molecule has 4 heteroatoms. The van der Waals surface area contributed by atoms with Crippen LogP contribution < -0.4 is 5.32 Å². The SMILES string of the molecule is CCNC(COCC)c1nc2ccccc2cc1Br. The molecule has 0 aliphatic rings. The number of halogens is 1. The van der Waals surface area contributed by atoms with Crippen molar-refractivity contribution in [1.29, 1.82) is 0 Å². The van der Waals surface area contributed by atoms with Gasteiger partial charge in [-0.2, -0.15) is 0 Å². The number of pyridine rings is 1. The molecule has 0 spiro atoms. The summed E-state index contributed by atoms with van der Waals surface area (Å²) in [5, 5.41) is 4.57. The summed E-state index contributed by atoms with van der Waals surface area (Å²) >= 11 is 3.62. The van der Waals surface area contributed by atoms with Gasteiger partial charge in [0.25, 0.3) is 0 Å². The van der Waals surface area contributed by atoms with Gasteiger partial charge in [-0.05, 0) is 41.5 Å². The quantitative estimate of drug-likeness (QED) is 0.880. The molecule has 1 heterocycles. The first-order chi connectivity index (χ1) is 9.26. The number of rotatable bonds is 6. The van der Waals surface area contributed by atoms with Gasteiger partial charge in [-0.1, -0.05) is 25.1 Å². The number of likely N-dealkylation sites (N-methyl/N-ethyl adjacent to an activating group) is 1. The molecule has 3 nitrogen and oxygen atoms in total. The maximum atomic E-state index is 5.55. The third-order valence-corrected chi connectivity index (χ3v) is 3.61. The summed E-state index contributed by atoms with van der Waals surface area (Å²) in [6.45, 7) is 6.33. The molecule has 1 aromatic carbocycles. The zero-order valence-electron chi connectivity index (χ0n) is 11.3. The van der Waals surface area contributed by atoms with E-state index in [0.717, 1.165) is 27.6 Å². The number of nitrogens with zero attached hydrogens (tertiary/aromatic N) is 1. The Morgan fingerprint density at radius 1 is 1.32 bits per heavy atom. The second kappa shape index (κ2) is 6.98. The van der Waals surface area contributed by atoms with E-state index in [0.29, 0.717) is 13.2 Å². The Kier molecular flexibility index (Phi) is 5.31. The molecular formula is C15H19BrN2O. The van der Waals surface area contributed by atoms with Gasteiger partial charge in [-0.15, -0.1) is 0 Å². The molecule has 0 fully saturated rings. The monoisotopic (exact) mass is 322 g/mol. The lowest BCUT2D eigenvalue weighted by molar-refractivity contribution is 0.122. The van der Waals surface area contributed by atoms with Gasteiger partial charge in [-0.3, -0.25) is 0 Å². The van der Waals surface area contributed by atoms with E-state index in [1.54, 1.807) is 0 Å². The van der Waals surface area contributed by atoms with Gasteiger partial charge in [-0.25, -0.2) is 4.98 Å². The number of hydrogen-bond donors (Lipinski definition) is 1. The Hall–Kier alpha value is -0.970.